The molecular formula is C30H39N2O5+. The number of unbranched alkanes of at least 4 members (excludes halogenated alkanes) is 1. The number of ether oxygens (including phenoxy) is 2. The van der Waals surface area contributed by atoms with Gasteiger partial charge in [-0.25, -0.2) is 0 Å². The van der Waals surface area contributed by atoms with Gasteiger partial charge in [0, 0.05) is 18.5 Å². The number of ketones is 1. The highest BCUT2D eigenvalue weighted by molar-refractivity contribution is 6.46. The number of Topliss-reactive ketones (excluding diaryl/α,β-unsaturated/α-hetero) is 1. The van der Waals surface area contributed by atoms with E-state index in [9.17, 15) is 14.7 Å². The van der Waals surface area contributed by atoms with E-state index in [1.807, 2.05) is 44.2 Å². The second-order valence-corrected chi connectivity index (χ2v) is 10.0. The quantitative estimate of drug-likeness (QED) is 0.223. The van der Waals surface area contributed by atoms with Crippen LogP contribution in [0.2, 0.25) is 0 Å². The Balaban J connectivity index is 1.64. The maximum Gasteiger partial charge on any atom is 0.295 e. The molecule has 2 aliphatic rings. The van der Waals surface area contributed by atoms with Gasteiger partial charge in [-0.2, -0.15) is 0 Å². The number of quaternary nitrogens is 1. The summed E-state index contributed by atoms with van der Waals surface area (Å²) in [5.74, 6) is -0.600. The molecule has 0 unspecified atom stereocenters. The molecule has 1 atom stereocenters. The average molecular weight is 508 g/mol. The van der Waals surface area contributed by atoms with Crippen molar-refractivity contribution in [3.05, 3.63) is 70.3 Å². The van der Waals surface area contributed by atoms with Gasteiger partial charge in [-0.15, -0.1) is 0 Å². The predicted molar refractivity (Wildman–Crippen MR) is 143 cm³/mol. The van der Waals surface area contributed by atoms with Gasteiger partial charge < -0.3 is 24.4 Å². The molecule has 2 fully saturated rings. The summed E-state index contributed by atoms with van der Waals surface area (Å²) in [5.41, 5.74) is 3.38. The van der Waals surface area contributed by atoms with Crippen molar-refractivity contribution < 1.29 is 29.1 Å². The third-order valence-corrected chi connectivity index (χ3v) is 7.28. The van der Waals surface area contributed by atoms with Gasteiger partial charge in [-0.1, -0.05) is 43.2 Å². The zero-order valence-corrected chi connectivity index (χ0v) is 22.2. The number of hydrogen-bond donors (Lipinski definition) is 2. The average Bonchev–Trinajstić information content (AvgIpc) is 3.15. The van der Waals surface area contributed by atoms with Crippen LogP contribution in [0.25, 0.3) is 5.76 Å². The molecule has 2 heterocycles. The first kappa shape index (κ1) is 26.9. The van der Waals surface area contributed by atoms with Gasteiger partial charge in [0.25, 0.3) is 11.7 Å². The second kappa shape index (κ2) is 12.4. The number of likely N-dealkylation sites (tertiary alicyclic amines) is 1. The lowest BCUT2D eigenvalue weighted by molar-refractivity contribution is -0.908. The van der Waals surface area contributed by atoms with Crippen molar-refractivity contribution in [3.8, 4) is 5.75 Å². The van der Waals surface area contributed by atoms with Crippen molar-refractivity contribution >= 4 is 17.4 Å². The van der Waals surface area contributed by atoms with Crippen LogP contribution >= 0.6 is 0 Å². The number of hydrogen-bond acceptors (Lipinski definition) is 5. The number of amides is 1. The van der Waals surface area contributed by atoms with Gasteiger partial charge in [0.2, 0.25) is 0 Å². The van der Waals surface area contributed by atoms with Gasteiger partial charge in [0.15, 0.2) is 0 Å². The number of aryl methyl sites for hydroxylation is 2. The summed E-state index contributed by atoms with van der Waals surface area (Å²) >= 11 is 0. The van der Waals surface area contributed by atoms with Crippen molar-refractivity contribution in [1.82, 2.24) is 4.90 Å². The van der Waals surface area contributed by atoms with E-state index in [1.54, 1.807) is 17.0 Å². The smallest absolute Gasteiger partial charge is 0.295 e. The first-order chi connectivity index (χ1) is 17.9. The lowest BCUT2D eigenvalue weighted by Gasteiger charge is -2.27. The summed E-state index contributed by atoms with van der Waals surface area (Å²) in [6, 6.07) is 12.6. The molecule has 1 amide bonds. The van der Waals surface area contributed by atoms with Crippen LogP contribution in [0.1, 0.15) is 54.5 Å². The van der Waals surface area contributed by atoms with E-state index in [4.69, 9.17) is 9.47 Å². The van der Waals surface area contributed by atoms with Gasteiger partial charge in [-0.3, -0.25) is 9.59 Å². The lowest BCUT2D eigenvalue weighted by Crippen LogP contribution is -3.14. The number of aliphatic hydroxyl groups is 1. The number of nitrogens with one attached hydrogen (secondary N) is 1. The molecule has 0 spiro atoms. The van der Waals surface area contributed by atoms with Gasteiger partial charge in [0.1, 0.15) is 24.6 Å². The van der Waals surface area contributed by atoms with Crippen molar-refractivity contribution in [2.75, 3.05) is 46.0 Å². The predicted octanol–water partition coefficient (Wildman–Crippen LogP) is 3.21. The molecule has 2 N–H and O–H groups in total. The third-order valence-electron chi connectivity index (χ3n) is 7.28. The van der Waals surface area contributed by atoms with Crippen LogP contribution < -0.4 is 9.64 Å². The van der Waals surface area contributed by atoms with E-state index < -0.39 is 17.7 Å². The molecule has 2 aliphatic heterocycles. The van der Waals surface area contributed by atoms with Crippen molar-refractivity contribution in [2.45, 2.75) is 46.1 Å². The SMILES string of the molecule is CCCCOc1ccc(C(O)=C2C(=O)C(=O)N(CCC[NH+]3CCOCC3)[C@@H]2c2ccc(C)cc2)c(C)c1. The van der Waals surface area contributed by atoms with Crippen LogP contribution in [0.4, 0.5) is 0 Å². The van der Waals surface area contributed by atoms with Crippen molar-refractivity contribution in [2.24, 2.45) is 0 Å². The molecule has 0 aliphatic carbocycles. The molecule has 0 bridgehead atoms. The Morgan fingerprint density at radius 2 is 1.81 bits per heavy atom. The van der Waals surface area contributed by atoms with Gasteiger partial charge in [0.05, 0.1) is 38.0 Å². The zero-order chi connectivity index (χ0) is 26.4. The van der Waals surface area contributed by atoms with Crippen LogP contribution in [0, 0.1) is 13.8 Å². The highest BCUT2D eigenvalue weighted by Crippen LogP contribution is 2.40. The summed E-state index contributed by atoms with van der Waals surface area (Å²) in [6.07, 6.45) is 2.78. The molecule has 2 aromatic rings. The fourth-order valence-corrected chi connectivity index (χ4v) is 5.09. The van der Waals surface area contributed by atoms with E-state index in [0.717, 1.165) is 74.6 Å². The minimum absolute atomic E-state index is 0.136. The summed E-state index contributed by atoms with van der Waals surface area (Å²) in [7, 11) is 0. The number of morpholine rings is 1. The first-order valence-corrected chi connectivity index (χ1v) is 13.4. The fraction of sp³-hybridized carbons (Fsp3) is 0.467. The largest absolute Gasteiger partial charge is 0.507 e. The molecule has 0 radical (unpaired) electrons. The first-order valence-electron chi connectivity index (χ1n) is 13.4. The fourth-order valence-electron chi connectivity index (χ4n) is 5.09. The van der Waals surface area contributed by atoms with E-state index in [-0.39, 0.29) is 11.3 Å². The number of nitrogens with zero attached hydrogens (tertiary/aromatic N) is 1. The Kier molecular flexibility index (Phi) is 9.00. The number of aliphatic hydroxyl groups excluding tert-OH is 1. The summed E-state index contributed by atoms with van der Waals surface area (Å²) in [4.78, 5) is 29.7. The third kappa shape index (κ3) is 6.22. The maximum atomic E-state index is 13.3. The Labute approximate surface area is 219 Å². The number of carbonyl (C=O) groups is 2. The maximum absolute atomic E-state index is 13.3. The Morgan fingerprint density at radius 3 is 2.49 bits per heavy atom. The van der Waals surface area contributed by atoms with Crippen molar-refractivity contribution in [1.29, 1.82) is 0 Å². The Bertz CT molecular complexity index is 1140. The number of carbonyl (C=O) groups excluding carboxylic acids is 2. The monoisotopic (exact) mass is 507 g/mol. The summed E-state index contributed by atoms with van der Waals surface area (Å²) < 4.78 is 11.2. The molecular weight excluding hydrogens is 468 g/mol. The van der Waals surface area contributed by atoms with E-state index >= 15 is 0 Å². The highest BCUT2D eigenvalue weighted by atomic mass is 16.5. The minimum Gasteiger partial charge on any atom is -0.507 e. The molecule has 0 aromatic heterocycles. The van der Waals surface area contributed by atoms with E-state index in [0.29, 0.717) is 18.7 Å². The topological polar surface area (TPSA) is 80.5 Å². The normalized spacial score (nSPS) is 20.0. The van der Waals surface area contributed by atoms with Crippen molar-refractivity contribution in [3.63, 3.8) is 0 Å². The summed E-state index contributed by atoms with van der Waals surface area (Å²) in [6.45, 7) is 11.4. The molecule has 7 heteroatoms. The van der Waals surface area contributed by atoms with E-state index in [1.165, 1.54) is 4.90 Å². The molecule has 2 aromatic carbocycles. The highest BCUT2D eigenvalue weighted by Gasteiger charge is 2.46. The van der Waals surface area contributed by atoms with Crippen LogP contribution in [-0.2, 0) is 14.3 Å². The molecule has 7 nitrogen and oxygen atoms in total. The minimum atomic E-state index is -0.635. The van der Waals surface area contributed by atoms with Crippen LogP contribution in [-0.4, -0.2) is 67.7 Å². The number of rotatable bonds is 10. The summed E-state index contributed by atoms with van der Waals surface area (Å²) in [5, 5.41) is 11.4. The molecule has 4 rings (SSSR count). The molecule has 0 saturated carbocycles. The van der Waals surface area contributed by atoms with Gasteiger partial charge >= 0.3 is 0 Å². The van der Waals surface area contributed by atoms with Crippen LogP contribution in [0.5, 0.6) is 5.75 Å². The van der Waals surface area contributed by atoms with Gasteiger partial charge in [-0.05, 0) is 49.6 Å². The molecule has 198 valence electrons. The van der Waals surface area contributed by atoms with E-state index in [2.05, 4.69) is 6.92 Å². The van der Waals surface area contributed by atoms with Crippen LogP contribution in [0.15, 0.2) is 48.0 Å². The Hall–Kier alpha value is -3.16. The zero-order valence-electron chi connectivity index (χ0n) is 22.2. The lowest BCUT2D eigenvalue weighted by atomic mass is 9.93. The standard InChI is InChI=1S/C30H38N2O5/c1-4-5-17-37-24-11-12-25(22(3)20-24)28(33)26-27(23-9-7-21(2)8-10-23)32(30(35)29(26)34)14-6-13-31-15-18-36-19-16-31/h7-12,20,27,33H,4-6,13-19H2,1-3H3/p+1/t27-/m1/s1. The molecule has 2 saturated heterocycles. The molecule has 37 heavy (non-hydrogen) atoms. The number of benzene rings is 2. The van der Waals surface area contributed by atoms with Crippen LogP contribution in [0.3, 0.4) is 0 Å². The second-order valence-electron chi connectivity index (χ2n) is 10.0. The Morgan fingerprint density at radius 1 is 1.08 bits per heavy atom.